The van der Waals surface area contributed by atoms with Gasteiger partial charge in [-0.2, -0.15) is 0 Å². The third-order valence-electron chi connectivity index (χ3n) is 3.95. The highest BCUT2D eigenvalue weighted by molar-refractivity contribution is 6.06. The summed E-state index contributed by atoms with van der Waals surface area (Å²) in [5.74, 6) is 0. The Kier molecular flexibility index (Phi) is 2.43. The van der Waals surface area contributed by atoms with E-state index in [1.807, 2.05) is 60.8 Å². The number of hydrogen-bond donors (Lipinski definition) is 0. The van der Waals surface area contributed by atoms with Gasteiger partial charge in [-0.3, -0.25) is 4.98 Å². The number of furan rings is 1. The van der Waals surface area contributed by atoms with Crippen LogP contribution in [0.15, 0.2) is 65.2 Å². The van der Waals surface area contributed by atoms with E-state index in [1.165, 1.54) is 0 Å². The predicted molar refractivity (Wildman–Crippen MR) is 87.8 cm³/mol. The zero-order valence-corrected chi connectivity index (χ0v) is 12.0. The Morgan fingerprint density at radius 3 is 2.61 bits per heavy atom. The lowest BCUT2D eigenvalue weighted by Gasteiger charge is -2.01. The quantitative estimate of drug-likeness (QED) is 0.468. The van der Waals surface area contributed by atoms with Crippen molar-refractivity contribution in [3.8, 4) is 11.4 Å². The molecule has 3 aromatic heterocycles. The molecule has 2 aromatic carbocycles. The van der Waals surface area contributed by atoms with E-state index in [0.717, 1.165) is 27.4 Å². The minimum Gasteiger partial charge on any atom is -0.452 e. The van der Waals surface area contributed by atoms with Crippen LogP contribution in [-0.2, 0) is 0 Å². The highest BCUT2D eigenvalue weighted by atomic mass is 16.3. The first-order valence-electron chi connectivity index (χ1n) is 7.26. The maximum absolute atomic E-state index is 5.95. The molecule has 0 saturated heterocycles. The van der Waals surface area contributed by atoms with Crippen molar-refractivity contribution >= 4 is 32.8 Å². The Hall–Kier alpha value is -3.34. The molecular formula is C18H10N4O. The molecule has 0 atom stereocenters. The van der Waals surface area contributed by atoms with Gasteiger partial charge in [0, 0.05) is 17.0 Å². The minimum atomic E-state index is 0.608. The van der Waals surface area contributed by atoms with E-state index >= 15 is 0 Å². The van der Waals surface area contributed by atoms with Gasteiger partial charge in [-0.05, 0) is 28.8 Å². The zero-order valence-electron chi connectivity index (χ0n) is 12.0. The molecule has 0 aliphatic rings. The first-order valence-corrected chi connectivity index (χ1v) is 7.26. The number of hydrogen-bond acceptors (Lipinski definition) is 5. The van der Waals surface area contributed by atoms with Crippen molar-refractivity contribution in [3.05, 3.63) is 60.8 Å². The fourth-order valence-corrected chi connectivity index (χ4v) is 2.83. The first-order chi connectivity index (χ1) is 11.4. The van der Waals surface area contributed by atoms with E-state index < -0.39 is 0 Å². The molecule has 0 amide bonds. The van der Waals surface area contributed by atoms with Gasteiger partial charge in [-0.15, -0.1) is 10.2 Å². The normalized spacial score (nSPS) is 11.5. The first kappa shape index (κ1) is 12.2. The lowest BCUT2D eigenvalue weighted by molar-refractivity contribution is 0.663. The average molecular weight is 298 g/mol. The molecular weight excluding hydrogens is 288 g/mol. The topological polar surface area (TPSA) is 64.7 Å². The van der Waals surface area contributed by atoms with Gasteiger partial charge in [0.2, 0.25) is 0 Å². The molecule has 23 heavy (non-hydrogen) atoms. The molecule has 0 saturated carbocycles. The summed E-state index contributed by atoms with van der Waals surface area (Å²) in [6.45, 7) is 0. The summed E-state index contributed by atoms with van der Waals surface area (Å²) in [6.07, 6.45) is 1.83. The van der Waals surface area contributed by atoms with Crippen molar-refractivity contribution in [1.82, 2.24) is 20.4 Å². The average Bonchev–Trinajstić information content (AvgIpc) is 3.00. The second kappa shape index (κ2) is 4.58. The Balaban J connectivity index is 1.84. The van der Waals surface area contributed by atoms with Gasteiger partial charge >= 0.3 is 0 Å². The number of benzene rings is 2. The smallest absolute Gasteiger partial charge is 0.185 e. The van der Waals surface area contributed by atoms with Gasteiger partial charge in [-0.25, -0.2) is 0 Å². The van der Waals surface area contributed by atoms with E-state index in [-0.39, 0.29) is 0 Å². The number of fused-ring (bicyclic) bond motifs is 4. The third kappa shape index (κ3) is 1.80. The molecule has 0 spiro atoms. The van der Waals surface area contributed by atoms with E-state index in [9.17, 15) is 0 Å². The number of nitrogens with zero attached hydrogens (tertiary/aromatic N) is 4. The largest absolute Gasteiger partial charge is 0.452 e. The molecule has 5 rings (SSSR count). The summed E-state index contributed by atoms with van der Waals surface area (Å²) in [5, 5.41) is 15.3. The van der Waals surface area contributed by atoms with Crippen LogP contribution in [-0.4, -0.2) is 20.4 Å². The molecule has 0 radical (unpaired) electrons. The fraction of sp³-hybridized carbons (Fsp3) is 0. The van der Waals surface area contributed by atoms with Crippen molar-refractivity contribution in [3.63, 3.8) is 0 Å². The molecule has 0 bridgehead atoms. The fourth-order valence-electron chi connectivity index (χ4n) is 2.83. The summed E-state index contributed by atoms with van der Waals surface area (Å²) >= 11 is 0. The van der Waals surface area contributed by atoms with E-state index in [0.29, 0.717) is 16.8 Å². The monoisotopic (exact) mass is 298 g/mol. The SMILES string of the molecule is c1ccc2cc(-c3nnnc4c3oc3ccccc34)ncc2c1. The van der Waals surface area contributed by atoms with E-state index in [4.69, 9.17) is 4.42 Å². The number of rotatable bonds is 1. The van der Waals surface area contributed by atoms with Crippen LogP contribution < -0.4 is 0 Å². The van der Waals surface area contributed by atoms with E-state index in [2.05, 4.69) is 20.4 Å². The van der Waals surface area contributed by atoms with Crippen molar-refractivity contribution in [2.45, 2.75) is 0 Å². The maximum atomic E-state index is 5.95. The summed E-state index contributed by atoms with van der Waals surface area (Å²) in [6, 6.07) is 17.8. The van der Waals surface area contributed by atoms with Crippen LogP contribution in [0.3, 0.4) is 0 Å². The van der Waals surface area contributed by atoms with Crippen LogP contribution in [0.5, 0.6) is 0 Å². The summed E-state index contributed by atoms with van der Waals surface area (Å²) in [4.78, 5) is 4.51. The highest BCUT2D eigenvalue weighted by Crippen LogP contribution is 2.32. The molecule has 5 nitrogen and oxygen atoms in total. The van der Waals surface area contributed by atoms with Gasteiger partial charge in [0.15, 0.2) is 11.3 Å². The van der Waals surface area contributed by atoms with Crippen molar-refractivity contribution in [2.24, 2.45) is 0 Å². The van der Waals surface area contributed by atoms with Crippen LogP contribution in [0.25, 0.3) is 44.2 Å². The molecule has 5 heteroatoms. The molecule has 5 aromatic rings. The van der Waals surface area contributed by atoms with Crippen LogP contribution in [0.4, 0.5) is 0 Å². The molecule has 0 aliphatic heterocycles. The minimum absolute atomic E-state index is 0.608. The summed E-state index contributed by atoms with van der Waals surface area (Å²) in [7, 11) is 0. The molecule has 0 N–H and O–H groups in total. The Morgan fingerprint density at radius 2 is 1.65 bits per heavy atom. The predicted octanol–water partition coefficient (Wildman–Crippen LogP) is 3.99. The maximum Gasteiger partial charge on any atom is 0.185 e. The molecule has 108 valence electrons. The summed E-state index contributed by atoms with van der Waals surface area (Å²) < 4.78 is 5.95. The second-order valence-corrected chi connectivity index (χ2v) is 5.33. The Labute approximate surface area is 130 Å². The number of pyridine rings is 1. The number of para-hydroxylation sites is 1. The standard InChI is InChI=1S/C18H10N4O/c1-2-6-12-10-19-14(9-11(12)5-1)17-18-16(20-22-21-17)13-7-3-4-8-15(13)23-18/h1-10H. The van der Waals surface area contributed by atoms with Crippen LogP contribution in [0.2, 0.25) is 0 Å². The third-order valence-corrected chi connectivity index (χ3v) is 3.95. The molecule has 0 aliphatic carbocycles. The Morgan fingerprint density at radius 1 is 0.826 bits per heavy atom. The van der Waals surface area contributed by atoms with Crippen LogP contribution in [0.1, 0.15) is 0 Å². The molecule has 0 unspecified atom stereocenters. The molecule has 3 heterocycles. The van der Waals surface area contributed by atoms with Gasteiger partial charge in [0.1, 0.15) is 11.1 Å². The van der Waals surface area contributed by atoms with Gasteiger partial charge in [0.25, 0.3) is 0 Å². The van der Waals surface area contributed by atoms with Gasteiger partial charge in [0.05, 0.1) is 5.69 Å². The zero-order chi connectivity index (χ0) is 15.2. The van der Waals surface area contributed by atoms with Gasteiger partial charge in [-0.1, -0.05) is 36.4 Å². The van der Waals surface area contributed by atoms with Crippen molar-refractivity contribution in [1.29, 1.82) is 0 Å². The summed E-state index contributed by atoms with van der Waals surface area (Å²) in [5.41, 5.74) is 3.43. The molecule has 0 fully saturated rings. The van der Waals surface area contributed by atoms with E-state index in [1.54, 1.807) is 0 Å². The van der Waals surface area contributed by atoms with Crippen LogP contribution >= 0.6 is 0 Å². The van der Waals surface area contributed by atoms with Gasteiger partial charge < -0.3 is 4.42 Å². The lowest BCUT2D eigenvalue weighted by Crippen LogP contribution is -1.93. The lowest BCUT2D eigenvalue weighted by atomic mass is 10.1. The second-order valence-electron chi connectivity index (χ2n) is 5.33. The van der Waals surface area contributed by atoms with Crippen molar-refractivity contribution < 1.29 is 4.42 Å². The van der Waals surface area contributed by atoms with Crippen LogP contribution in [0, 0.1) is 0 Å². The number of aromatic nitrogens is 4. The highest BCUT2D eigenvalue weighted by Gasteiger charge is 2.16. The Bertz CT molecular complexity index is 1180. The van der Waals surface area contributed by atoms with Crippen molar-refractivity contribution in [2.75, 3.05) is 0 Å².